The summed E-state index contributed by atoms with van der Waals surface area (Å²) in [5.41, 5.74) is 2.38. The van der Waals surface area contributed by atoms with E-state index in [9.17, 15) is 0 Å². The molecule has 2 rings (SSSR count). The molecule has 0 fully saturated rings. The molecule has 0 atom stereocenters. The maximum Gasteiger partial charge on any atom is 0.146 e. The number of fused-ring (bicyclic) bond motifs is 1. The zero-order valence-electron chi connectivity index (χ0n) is 8.04. The summed E-state index contributed by atoms with van der Waals surface area (Å²) < 4.78 is 0. The zero-order valence-corrected chi connectivity index (χ0v) is 8.04. The van der Waals surface area contributed by atoms with E-state index in [1.807, 2.05) is 18.3 Å². The minimum atomic E-state index is 0. The van der Waals surface area contributed by atoms with E-state index in [4.69, 9.17) is 5.26 Å². The predicted molar refractivity (Wildman–Crippen MR) is 56.9 cm³/mol. The quantitative estimate of drug-likeness (QED) is 0.785. The smallest absolute Gasteiger partial charge is 0.146 e. The van der Waals surface area contributed by atoms with E-state index >= 15 is 0 Å². The lowest BCUT2D eigenvalue weighted by Crippen LogP contribution is -1.93. The number of hydrogen-bond acceptors (Lipinski definition) is 2. The minimum absolute atomic E-state index is 0. The molecule has 14 heavy (non-hydrogen) atoms. The minimum Gasteiger partial charge on any atom is -0.346 e. The zero-order chi connectivity index (χ0) is 9.97. The molecule has 0 unspecified atom stereocenters. The second-order valence-electron chi connectivity index (χ2n) is 3.27. The third kappa shape index (κ3) is 1.35. The van der Waals surface area contributed by atoms with E-state index in [0.717, 1.165) is 29.4 Å². The number of rotatable bonds is 2. The van der Waals surface area contributed by atoms with Crippen molar-refractivity contribution in [2.45, 2.75) is 19.8 Å². The van der Waals surface area contributed by atoms with Crippen LogP contribution in [-0.4, -0.2) is 9.97 Å². The number of pyridine rings is 1. The first kappa shape index (κ1) is 8.76. The fraction of sp³-hybridized carbons (Fsp3) is 0.273. The van der Waals surface area contributed by atoms with Gasteiger partial charge in [-0.15, -0.1) is 0 Å². The number of nitriles is 1. The van der Waals surface area contributed by atoms with Crippen LogP contribution in [0.3, 0.4) is 0 Å². The Kier molecular flexibility index (Phi) is 2.19. The van der Waals surface area contributed by atoms with Gasteiger partial charge in [-0.2, -0.15) is 5.26 Å². The summed E-state index contributed by atoms with van der Waals surface area (Å²) in [5, 5.41) is 9.99. The van der Waals surface area contributed by atoms with E-state index in [2.05, 4.69) is 23.0 Å². The van der Waals surface area contributed by atoms with Crippen molar-refractivity contribution < 1.29 is 1.43 Å². The maximum atomic E-state index is 8.92. The van der Waals surface area contributed by atoms with Crippen LogP contribution < -0.4 is 0 Å². The SMILES string of the molecule is CCCc1cc2cc[nH]c2nc1C#N.[HH]. The first-order chi connectivity index (χ1) is 6.85. The summed E-state index contributed by atoms with van der Waals surface area (Å²) in [5.74, 6) is 0. The van der Waals surface area contributed by atoms with Gasteiger partial charge in [-0.25, -0.2) is 4.98 Å². The molecule has 2 aromatic rings. The van der Waals surface area contributed by atoms with Crippen LogP contribution in [-0.2, 0) is 6.42 Å². The predicted octanol–water partition coefficient (Wildman–Crippen LogP) is 2.63. The van der Waals surface area contributed by atoms with Gasteiger partial charge in [0.1, 0.15) is 17.4 Å². The molecule has 0 spiro atoms. The Morgan fingerprint density at radius 2 is 2.50 bits per heavy atom. The van der Waals surface area contributed by atoms with Crippen molar-refractivity contribution in [3.8, 4) is 6.07 Å². The van der Waals surface area contributed by atoms with Crippen molar-refractivity contribution >= 4 is 11.0 Å². The first-order valence-electron chi connectivity index (χ1n) is 4.72. The number of nitrogens with one attached hydrogen (secondary N) is 1. The molecule has 2 heterocycles. The van der Waals surface area contributed by atoms with Crippen LogP contribution in [0.25, 0.3) is 11.0 Å². The number of H-pyrrole nitrogens is 1. The molecular formula is C11H13N3. The van der Waals surface area contributed by atoms with Gasteiger partial charge in [0.2, 0.25) is 0 Å². The molecule has 0 radical (unpaired) electrons. The van der Waals surface area contributed by atoms with E-state index in [1.54, 1.807) is 0 Å². The van der Waals surface area contributed by atoms with E-state index in [0.29, 0.717) is 5.69 Å². The fourth-order valence-corrected chi connectivity index (χ4v) is 1.58. The molecule has 0 amide bonds. The largest absolute Gasteiger partial charge is 0.346 e. The summed E-state index contributed by atoms with van der Waals surface area (Å²) in [6.07, 6.45) is 3.79. The van der Waals surface area contributed by atoms with Crippen molar-refractivity contribution in [1.29, 1.82) is 5.26 Å². The number of hydrogen-bond donors (Lipinski definition) is 1. The Labute approximate surface area is 83.9 Å². The number of aryl methyl sites for hydroxylation is 1. The van der Waals surface area contributed by atoms with Crippen LogP contribution in [0.4, 0.5) is 0 Å². The van der Waals surface area contributed by atoms with Crippen LogP contribution >= 0.6 is 0 Å². The molecule has 2 aromatic heterocycles. The molecule has 0 bridgehead atoms. The third-order valence-corrected chi connectivity index (χ3v) is 2.24. The molecule has 0 aliphatic heterocycles. The lowest BCUT2D eigenvalue weighted by Gasteiger charge is -2.00. The van der Waals surface area contributed by atoms with Crippen molar-refractivity contribution in [3.05, 3.63) is 29.6 Å². The van der Waals surface area contributed by atoms with Crippen molar-refractivity contribution in [2.24, 2.45) is 0 Å². The molecule has 0 aromatic carbocycles. The van der Waals surface area contributed by atoms with E-state index in [1.165, 1.54) is 0 Å². The van der Waals surface area contributed by atoms with Crippen LogP contribution in [0.15, 0.2) is 18.3 Å². The Morgan fingerprint density at radius 1 is 1.64 bits per heavy atom. The highest BCUT2D eigenvalue weighted by atomic mass is 14.8. The van der Waals surface area contributed by atoms with Crippen molar-refractivity contribution in [2.75, 3.05) is 0 Å². The van der Waals surface area contributed by atoms with Gasteiger partial charge in [-0.1, -0.05) is 13.3 Å². The molecule has 72 valence electrons. The lowest BCUT2D eigenvalue weighted by molar-refractivity contribution is 0.912. The van der Waals surface area contributed by atoms with Crippen molar-refractivity contribution in [1.82, 2.24) is 9.97 Å². The summed E-state index contributed by atoms with van der Waals surface area (Å²) >= 11 is 0. The summed E-state index contributed by atoms with van der Waals surface area (Å²) in [6.45, 7) is 2.10. The number of aromatic amines is 1. The monoisotopic (exact) mass is 187 g/mol. The van der Waals surface area contributed by atoms with Gasteiger partial charge in [-0.05, 0) is 24.1 Å². The maximum absolute atomic E-state index is 8.92. The number of aromatic nitrogens is 2. The fourth-order valence-electron chi connectivity index (χ4n) is 1.58. The van der Waals surface area contributed by atoms with Gasteiger partial charge in [-0.3, -0.25) is 0 Å². The molecule has 0 aliphatic rings. The average Bonchev–Trinajstić information content (AvgIpc) is 2.64. The lowest BCUT2D eigenvalue weighted by atomic mass is 10.1. The Balaban J connectivity index is 0.00000112. The van der Waals surface area contributed by atoms with E-state index in [-0.39, 0.29) is 1.43 Å². The van der Waals surface area contributed by atoms with Gasteiger partial charge in [0.05, 0.1) is 0 Å². The molecule has 3 nitrogen and oxygen atoms in total. The highest BCUT2D eigenvalue weighted by Crippen LogP contribution is 2.16. The van der Waals surface area contributed by atoms with Gasteiger partial charge in [0.15, 0.2) is 0 Å². The highest BCUT2D eigenvalue weighted by molar-refractivity contribution is 5.77. The summed E-state index contributed by atoms with van der Waals surface area (Å²) in [7, 11) is 0. The summed E-state index contributed by atoms with van der Waals surface area (Å²) in [4.78, 5) is 7.26. The second-order valence-corrected chi connectivity index (χ2v) is 3.27. The highest BCUT2D eigenvalue weighted by Gasteiger charge is 2.05. The average molecular weight is 187 g/mol. The second kappa shape index (κ2) is 3.51. The van der Waals surface area contributed by atoms with Gasteiger partial charge in [0, 0.05) is 13.0 Å². The Hall–Kier alpha value is -1.82. The Morgan fingerprint density at radius 3 is 3.21 bits per heavy atom. The third-order valence-electron chi connectivity index (χ3n) is 2.24. The van der Waals surface area contributed by atoms with Crippen LogP contribution in [0, 0.1) is 11.3 Å². The standard InChI is InChI=1S/C11H11N3.H2/c1-2-3-8-6-9-4-5-13-11(9)14-10(8)7-12;/h4-6H,2-3H2,1H3,(H,13,14);1H. The van der Waals surface area contributed by atoms with Gasteiger partial charge >= 0.3 is 0 Å². The van der Waals surface area contributed by atoms with Crippen LogP contribution in [0.5, 0.6) is 0 Å². The molecular weight excluding hydrogens is 174 g/mol. The topological polar surface area (TPSA) is 52.5 Å². The molecule has 0 aliphatic carbocycles. The Bertz CT molecular complexity index is 496. The molecule has 3 heteroatoms. The first-order valence-corrected chi connectivity index (χ1v) is 4.72. The van der Waals surface area contributed by atoms with Gasteiger partial charge < -0.3 is 4.98 Å². The van der Waals surface area contributed by atoms with Gasteiger partial charge in [0.25, 0.3) is 0 Å². The molecule has 0 saturated carbocycles. The summed E-state index contributed by atoms with van der Waals surface area (Å²) in [6, 6.07) is 6.15. The normalized spacial score (nSPS) is 10.3. The van der Waals surface area contributed by atoms with E-state index < -0.39 is 0 Å². The number of nitrogens with zero attached hydrogens (tertiary/aromatic N) is 2. The molecule has 0 saturated heterocycles. The molecule has 1 N–H and O–H groups in total. The van der Waals surface area contributed by atoms with Crippen LogP contribution in [0.2, 0.25) is 0 Å². The van der Waals surface area contributed by atoms with Crippen molar-refractivity contribution in [3.63, 3.8) is 0 Å². The van der Waals surface area contributed by atoms with Crippen LogP contribution in [0.1, 0.15) is 26.0 Å².